The van der Waals surface area contributed by atoms with E-state index in [0.717, 1.165) is 0 Å². The third-order valence-corrected chi connectivity index (χ3v) is 2.17. The van der Waals surface area contributed by atoms with E-state index in [1.807, 2.05) is 0 Å². The minimum absolute atomic E-state index is 0.125. The Morgan fingerprint density at radius 1 is 0.696 bits per heavy atom. The number of alkyl halides is 13. The van der Waals surface area contributed by atoms with Crippen LogP contribution in [0.25, 0.3) is 0 Å². The number of hydroxylamine groups is 2. The second-order valence-corrected chi connectivity index (χ2v) is 4.73. The molecule has 0 aromatic rings. The number of rotatable bonds is 4. The van der Waals surface area contributed by atoms with Crippen molar-refractivity contribution in [2.75, 3.05) is 6.61 Å². The SMILES string of the molecule is CC(Cl)(CON(C(F)(F)F)C(F)(F)F)N(C(F)(F)F)C(F)(F)F. The largest absolute Gasteiger partial charge is 0.490 e. The molecule has 0 N–H and O–H groups in total. The van der Waals surface area contributed by atoms with Gasteiger partial charge in [-0.3, -0.25) is 4.84 Å². The maximum Gasteiger partial charge on any atom is 0.490 e. The standard InChI is InChI=1S/C7H5ClF12N2O/c1-3(8,21(4(9,10)11)5(12,13)14)2-23-22(6(15,16)17)7(18,19)20/h2H2,1H3. The highest BCUT2D eigenvalue weighted by Crippen LogP contribution is 2.43. The third-order valence-electron chi connectivity index (χ3n) is 1.89. The average Bonchev–Trinajstić information content (AvgIpc) is 2.04. The van der Waals surface area contributed by atoms with E-state index >= 15 is 0 Å². The fourth-order valence-corrected chi connectivity index (χ4v) is 1.45. The number of hydrogen-bond donors (Lipinski definition) is 0. The molecule has 1 atom stereocenters. The molecule has 0 saturated heterocycles. The zero-order chi connectivity index (χ0) is 19.1. The quantitative estimate of drug-likeness (QED) is 0.300. The Bertz CT molecular complexity index is 368. The minimum atomic E-state index is -6.29. The molecule has 0 amide bonds. The Hall–Kier alpha value is -0.670. The van der Waals surface area contributed by atoms with Crippen LogP contribution in [0.15, 0.2) is 0 Å². The van der Waals surface area contributed by atoms with Crippen molar-refractivity contribution in [3.05, 3.63) is 0 Å². The van der Waals surface area contributed by atoms with Crippen LogP contribution in [0.5, 0.6) is 0 Å². The van der Waals surface area contributed by atoms with Crippen LogP contribution >= 0.6 is 11.6 Å². The number of halogens is 13. The van der Waals surface area contributed by atoms with Gasteiger partial charge in [0.1, 0.15) is 11.6 Å². The van der Waals surface area contributed by atoms with E-state index in [2.05, 4.69) is 4.84 Å². The molecule has 0 aliphatic carbocycles. The topological polar surface area (TPSA) is 15.7 Å². The average molecular weight is 397 g/mol. The van der Waals surface area contributed by atoms with E-state index in [1.54, 1.807) is 0 Å². The summed E-state index contributed by atoms with van der Waals surface area (Å²) >= 11 is 4.82. The molecule has 0 spiro atoms. The molecule has 0 saturated carbocycles. The highest BCUT2D eigenvalue weighted by atomic mass is 35.5. The van der Waals surface area contributed by atoms with Gasteiger partial charge in [0.25, 0.3) is 0 Å². The van der Waals surface area contributed by atoms with Crippen LogP contribution in [0.3, 0.4) is 0 Å². The number of hydrogen-bond acceptors (Lipinski definition) is 3. The van der Waals surface area contributed by atoms with Crippen LogP contribution in [0.1, 0.15) is 6.92 Å². The van der Waals surface area contributed by atoms with Crippen molar-refractivity contribution in [1.82, 2.24) is 9.96 Å². The molecular formula is C7H5ClF12N2O. The van der Waals surface area contributed by atoms with Gasteiger partial charge in [-0.15, -0.1) is 4.90 Å². The Balaban J connectivity index is 5.46. The van der Waals surface area contributed by atoms with E-state index < -0.39 is 46.8 Å². The summed E-state index contributed by atoms with van der Waals surface area (Å²) < 4.78 is 146. The molecule has 3 nitrogen and oxygen atoms in total. The van der Waals surface area contributed by atoms with Crippen molar-refractivity contribution >= 4 is 11.6 Å². The molecular weight excluding hydrogens is 392 g/mol. The zero-order valence-electron chi connectivity index (χ0n) is 10.4. The summed E-state index contributed by atoms with van der Waals surface area (Å²) in [6.07, 6.45) is -25.1. The van der Waals surface area contributed by atoms with Crippen LogP contribution in [0, 0.1) is 0 Å². The molecule has 23 heavy (non-hydrogen) atoms. The van der Waals surface area contributed by atoms with Crippen molar-refractivity contribution < 1.29 is 57.5 Å². The van der Waals surface area contributed by atoms with Crippen molar-refractivity contribution in [3.63, 3.8) is 0 Å². The molecule has 0 radical (unpaired) electrons. The minimum Gasteiger partial charge on any atom is -0.281 e. The first-order chi connectivity index (χ1) is 9.71. The summed E-state index contributed by atoms with van der Waals surface area (Å²) in [6, 6.07) is 0. The van der Waals surface area contributed by atoms with Gasteiger partial charge in [0.2, 0.25) is 0 Å². The Labute approximate surface area is 124 Å². The van der Waals surface area contributed by atoms with Crippen molar-refractivity contribution in [3.8, 4) is 0 Å². The van der Waals surface area contributed by atoms with Crippen LogP contribution in [-0.2, 0) is 4.84 Å². The first kappa shape index (κ1) is 22.3. The molecule has 1 unspecified atom stereocenters. The molecule has 16 heteroatoms. The van der Waals surface area contributed by atoms with Crippen molar-refractivity contribution in [1.29, 1.82) is 0 Å². The lowest BCUT2D eigenvalue weighted by Gasteiger charge is -2.38. The second-order valence-electron chi connectivity index (χ2n) is 3.92. The first-order valence-electron chi connectivity index (χ1n) is 4.90. The van der Waals surface area contributed by atoms with E-state index in [4.69, 9.17) is 11.6 Å². The van der Waals surface area contributed by atoms with E-state index in [1.165, 1.54) is 0 Å². The summed E-state index contributed by atoms with van der Waals surface area (Å²) in [6.45, 7) is -2.58. The van der Waals surface area contributed by atoms with Gasteiger partial charge in [-0.1, -0.05) is 11.6 Å². The van der Waals surface area contributed by atoms with Gasteiger partial charge in [-0.05, 0) is 6.92 Å². The van der Waals surface area contributed by atoms with E-state index in [9.17, 15) is 52.7 Å². The fourth-order valence-electron chi connectivity index (χ4n) is 1.21. The molecule has 0 aliphatic rings. The highest BCUT2D eigenvalue weighted by Gasteiger charge is 2.63. The number of nitrogens with zero attached hydrogens (tertiary/aromatic N) is 2. The molecule has 0 rings (SSSR count). The molecule has 0 aliphatic heterocycles. The molecule has 140 valence electrons. The van der Waals surface area contributed by atoms with Gasteiger partial charge in [0.05, 0.1) is 0 Å². The summed E-state index contributed by atoms with van der Waals surface area (Å²) in [4.78, 5) is -3.24. The van der Waals surface area contributed by atoms with Gasteiger partial charge < -0.3 is 0 Å². The lowest BCUT2D eigenvalue weighted by molar-refractivity contribution is -0.488. The molecule has 0 fully saturated rings. The fraction of sp³-hybridized carbons (Fsp3) is 1.00. The van der Waals surface area contributed by atoms with E-state index in [-0.39, 0.29) is 6.92 Å². The van der Waals surface area contributed by atoms with E-state index in [0.29, 0.717) is 0 Å². The summed E-state index contributed by atoms with van der Waals surface area (Å²) in [5.74, 6) is 0. The van der Waals surface area contributed by atoms with Crippen LogP contribution in [0.4, 0.5) is 52.7 Å². The summed E-state index contributed by atoms with van der Waals surface area (Å²) in [5, 5.41) is -2.68. The maximum absolute atomic E-state index is 12.3. The lowest BCUT2D eigenvalue weighted by atomic mass is 10.3. The Morgan fingerprint density at radius 3 is 1.22 bits per heavy atom. The normalized spacial score (nSPS) is 17.7. The molecule has 0 heterocycles. The summed E-state index contributed by atoms with van der Waals surface area (Å²) in [5.41, 5.74) is 0. The van der Waals surface area contributed by atoms with Gasteiger partial charge in [0, 0.05) is 5.06 Å². The van der Waals surface area contributed by atoms with Gasteiger partial charge in [0.15, 0.2) is 0 Å². The van der Waals surface area contributed by atoms with Crippen LogP contribution < -0.4 is 0 Å². The second kappa shape index (κ2) is 6.33. The zero-order valence-corrected chi connectivity index (χ0v) is 11.2. The molecule has 0 aromatic heterocycles. The van der Waals surface area contributed by atoms with Crippen LogP contribution in [-0.4, -0.2) is 46.8 Å². The first-order valence-corrected chi connectivity index (χ1v) is 5.28. The van der Waals surface area contributed by atoms with Gasteiger partial charge >= 0.3 is 25.2 Å². The van der Waals surface area contributed by atoms with Crippen molar-refractivity contribution in [2.45, 2.75) is 37.1 Å². The predicted octanol–water partition coefficient (Wildman–Crippen LogP) is 4.56. The smallest absolute Gasteiger partial charge is 0.281 e. The van der Waals surface area contributed by atoms with Crippen molar-refractivity contribution in [2.24, 2.45) is 0 Å². The highest BCUT2D eigenvalue weighted by molar-refractivity contribution is 6.23. The monoisotopic (exact) mass is 396 g/mol. The maximum atomic E-state index is 12.3. The Morgan fingerprint density at radius 2 is 1.00 bits per heavy atom. The van der Waals surface area contributed by atoms with Gasteiger partial charge in [-0.25, -0.2) is 0 Å². The van der Waals surface area contributed by atoms with Gasteiger partial charge in [-0.2, -0.15) is 52.7 Å². The summed E-state index contributed by atoms with van der Waals surface area (Å²) in [7, 11) is 0. The lowest BCUT2D eigenvalue weighted by Crippen LogP contribution is -2.61. The predicted molar refractivity (Wildman–Crippen MR) is 48.1 cm³/mol. The molecule has 0 aromatic carbocycles. The Kier molecular flexibility index (Phi) is 6.14. The van der Waals surface area contributed by atoms with Crippen LogP contribution in [0.2, 0.25) is 0 Å². The third kappa shape index (κ3) is 6.39. The molecule has 0 bridgehead atoms.